The van der Waals surface area contributed by atoms with Gasteiger partial charge in [0.1, 0.15) is 5.82 Å². The van der Waals surface area contributed by atoms with Crippen molar-refractivity contribution in [2.24, 2.45) is 5.41 Å². The molecule has 18 heavy (non-hydrogen) atoms. The summed E-state index contributed by atoms with van der Waals surface area (Å²) in [5.74, 6) is 0.814. The second-order valence-corrected chi connectivity index (χ2v) is 6.21. The van der Waals surface area contributed by atoms with Crippen LogP contribution in [0.5, 0.6) is 0 Å². The molecule has 1 aromatic rings. The van der Waals surface area contributed by atoms with Crippen LogP contribution < -0.4 is 0 Å². The number of rotatable bonds is 2. The highest BCUT2D eigenvalue weighted by Gasteiger charge is 2.30. The first-order valence-electron chi connectivity index (χ1n) is 6.54. The van der Waals surface area contributed by atoms with E-state index in [0.29, 0.717) is 0 Å². The number of hydrogen-bond donors (Lipinski definition) is 0. The van der Waals surface area contributed by atoms with E-state index in [9.17, 15) is 4.79 Å². The predicted octanol–water partition coefficient (Wildman–Crippen LogP) is 2.52. The summed E-state index contributed by atoms with van der Waals surface area (Å²) in [6.45, 7) is 7.58. The lowest BCUT2D eigenvalue weighted by Crippen LogP contribution is -2.25. The van der Waals surface area contributed by atoms with E-state index in [1.807, 2.05) is 6.20 Å². The van der Waals surface area contributed by atoms with Crippen LogP contribution in [0, 0.1) is 5.41 Å². The third-order valence-corrected chi connectivity index (χ3v) is 3.37. The summed E-state index contributed by atoms with van der Waals surface area (Å²) in [5, 5.41) is 0. The van der Waals surface area contributed by atoms with E-state index < -0.39 is 0 Å². The smallest absolute Gasteiger partial charge is 0.314 e. The van der Waals surface area contributed by atoms with Gasteiger partial charge >= 0.3 is 5.97 Å². The zero-order chi connectivity index (χ0) is 13.3. The van der Waals surface area contributed by atoms with Gasteiger partial charge in [-0.1, -0.05) is 20.8 Å². The first kappa shape index (κ1) is 13.1. The van der Waals surface area contributed by atoms with Crippen molar-refractivity contribution in [3.8, 4) is 0 Å². The molecule has 1 aromatic heterocycles. The Morgan fingerprint density at radius 1 is 1.56 bits per heavy atom. The number of carbonyl (C=O) groups is 1. The van der Waals surface area contributed by atoms with Gasteiger partial charge in [-0.3, -0.25) is 4.79 Å². The van der Waals surface area contributed by atoms with Gasteiger partial charge in [-0.05, 0) is 18.3 Å². The Morgan fingerprint density at radius 3 is 2.89 bits per heavy atom. The fraction of sp³-hybridized carbons (Fsp3) is 0.714. The predicted molar refractivity (Wildman–Crippen MR) is 69.4 cm³/mol. The highest BCUT2D eigenvalue weighted by atomic mass is 16.5. The van der Waals surface area contributed by atoms with Gasteiger partial charge in [0.2, 0.25) is 0 Å². The molecule has 2 rings (SSSR count). The average molecular weight is 250 g/mol. The minimum Gasteiger partial charge on any atom is -0.469 e. The Hall–Kier alpha value is -1.32. The van der Waals surface area contributed by atoms with Crippen LogP contribution in [0.4, 0.5) is 0 Å². The quantitative estimate of drug-likeness (QED) is 0.758. The Kier molecular flexibility index (Phi) is 3.46. The maximum Gasteiger partial charge on any atom is 0.314 e. The molecule has 0 radical (unpaired) electrons. The number of imidazole rings is 1. The van der Waals surface area contributed by atoms with Gasteiger partial charge in [0.25, 0.3) is 0 Å². The fourth-order valence-electron chi connectivity index (χ4n) is 2.56. The molecule has 0 saturated carbocycles. The van der Waals surface area contributed by atoms with E-state index in [1.165, 1.54) is 7.11 Å². The molecule has 0 amide bonds. The monoisotopic (exact) mass is 250 g/mol. The summed E-state index contributed by atoms with van der Waals surface area (Å²) >= 11 is 0. The van der Waals surface area contributed by atoms with Crippen molar-refractivity contribution < 1.29 is 9.53 Å². The van der Waals surface area contributed by atoms with Gasteiger partial charge in [0.05, 0.1) is 18.7 Å². The molecule has 0 fully saturated rings. The van der Waals surface area contributed by atoms with Crippen molar-refractivity contribution in [1.29, 1.82) is 0 Å². The second kappa shape index (κ2) is 4.75. The normalized spacial score (nSPS) is 19.4. The van der Waals surface area contributed by atoms with E-state index in [-0.39, 0.29) is 17.3 Å². The van der Waals surface area contributed by atoms with Gasteiger partial charge in [-0.15, -0.1) is 0 Å². The number of hydrogen-bond acceptors (Lipinski definition) is 3. The first-order chi connectivity index (χ1) is 8.42. The van der Waals surface area contributed by atoms with Crippen molar-refractivity contribution in [1.82, 2.24) is 9.55 Å². The van der Waals surface area contributed by atoms with Crippen LogP contribution in [-0.4, -0.2) is 22.6 Å². The zero-order valence-electron chi connectivity index (χ0n) is 11.7. The molecule has 4 nitrogen and oxygen atoms in total. The van der Waals surface area contributed by atoms with Crippen molar-refractivity contribution >= 4 is 5.97 Å². The summed E-state index contributed by atoms with van der Waals surface area (Å²) in [6.07, 6.45) is 4.66. The Labute approximate surface area is 108 Å². The third-order valence-electron chi connectivity index (χ3n) is 3.37. The molecule has 1 aliphatic rings. The lowest BCUT2D eigenvalue weighted by Gasteiger charge is -2.25. The summed E-state index contributed by atoms with van der Waals surface area (Å²) in [4.78, 5) is 16.3. The first-order valence-corrected chi connectivity index (χ1v) is 6.54. The zero-order valence-corrected chi connectivity index (χ0v) is 11.7. The van der Waals surface area contributed by atoms with Gasteiger partial charge in [0, 0.05) is 19.2 Å². The minimum absolute atomic E-state index is 0.134. The standard InChI is InChI=1S/C14H22N2O2/c1-14(2,3)8-12-15-9-11-10(13(17)18-4)6-5-7-16(11)12/h9-10H,5-8H2,1-4H3. The Balaban J connectivity index is 2.29. The number of nitrogens with zero attached hydrogens (tertiary/aromatic N) is 2. The average Bonchev–Trinajstić information content (AvgIpc) is 2.69. The van der Waals surface area contributed by atoms with Crippen LogP contribution in [0.1, 0.15) is 51.0 Å². The SMILES string of the molecule is COC(=O)C1CCCn2c1cnc2CC(C)(C)C. The molecule has 0 saturated heterocycles. The molecular weight excluding hydrogens is 228 g/mol. The molecule has 0 spiro atoms. The lowest BCUT2D eigenvalue weighted by molar-refractivity contribution is -0.143. The number of esters is 1. The second-order valence-electron chi connectivity index (χ2n) is 6.21. The largest absolute Gasteiger partial charge is 0.469 e. The molecule has 4 heteroatoms. The highest BCUT2D eigenvalue weighted by Crippen LogP contribution is 2.31. The molecule has 0 aromatic carbocycles. The van der Waals surface area contributed by atoms with Crippen LogP contribution >= 0.6 is 0 Å². The molecule has 0 aliphatic carbocycles. The Bertz CT molecular complexity index is 443. The highest BCUT2D eigenvalue weighted by molar-refractivity contribution is 5.77. The summed E-state index contributed by atoms with van der Waals surface area (Å²) in [6, 6.07) is 0. The van der Waals surface area contributed by atoms with E-state index >= 15 is 0 Å². The van der Waals surface area contributed by atoms with E-state index in [0.717, 1.165) is 37.3 Å². The Morgan fingerprint density at radius 2 is 2.28 bits per heavy atom. The van der Waals surface area contributed by atoms with Gasteiger partial charge in [0.15, 0.2) is 0 Å². The molecule has 1 unspecified atom stereocenters. The molecule has 1 aliphatic heterocycles. The number of carbonyl (C=O) groups excluding carboxylic acids is 1. The molecular formula is C14H22N2O2. The summed E-state index contributed by atoms with van der Waals surface area (Å²) < 4.78 is 7.08. The van der Waals surface area contributed by atoms with E-state index in [2.05, 4.69) is 30.3 Å². The van der Waals surface area contributed by atoms with E-state index in [1.54, 1.807) is 0 Å². The number of methoxy groups -OCH3 is 1. The maximum absolute atomic E-state index is 11.8. The van der Waals surface area contributed by atoms with Crippen molar-refractivity contribution in [3.63, 3.8) is 0 Å². The summed E-state index contributed by atoms with van der Waals surface area (Å²) in [7, 11) is 1.45. The van der Waals surface area contributed by atoms with Crippen LogP contribution in [0.25, 0.3) is 0 Å². The van der Waals surface area contributed by atoms with Crippen LogP contribution in [0.2, 0.25) is 0 Å². The number of ether oxygens (including phenoxy) is 1. The topological polar surface area (TPSA) is 44.1 Å². The lowest BCUT2D eigenvalue weighted by atomic mass is 9.91. The van der Waals surface area contributed by atoms with Gasteiger partial charge in [-0.25, -0.2) is 4.98 Å². The van der Waals surface area contributed by atoms with Crippen molar-refractivity contribution in [2.45, 2.75) is 52.5 Å². The van der Waals surface area contributed by atoms with Crippen molar-refractivity contribution in [2.75, 3.05) is 7.11 Å². The van der Waals surface area contributed by atoms with Crippen LogP contribution in [0.3, 0.4) is 0 Å². The third kappa shape index (κ3) is 2.57. The summed E-state index contributed by atoms with van der Waals surface area (Å²) in [5.41, 5.74) is 1.23. The maximum atomic E-state index is 11.8. The molecule has 100 valence electrons. The molecule has 2 heterocycles. The fourth-order valence-corrected chi connectivity index (χ4v) is 2.56. The number of fused-ring (bicyclic) bond motifs is 1. The minimum atomic E-state index is -0.141. The van der Waals surface area contributed by atoms with Crippen molar-refractivity contribution in [3.05, 3.63) is 17.7 Å². The van der Waals surface area contributed by atoms with E-state index in [4.69, 9.17) is 4.74 Å². The molecule has 1 atom stereocenters. The number of aromatic nitrogens is 2. The van der Waals surface area contributed by atoms with Crippen LogP contribution in [0.15, 0.2) is 6.20 Å². The molecule has 0 bridgehead atoms. The molecule has 0 N–H and O–H groups in total. The van der Waals surface area contributed by atoms with Crippen LogP contribution in [-0.2, 0) is 22.5 Å². The van der Waals surface area contributed by atoms with Gasteiger partial charge < -0.3 is 9.30 Å². The van der Waals surface area contributed by atoms with Gasteiger partial charge in [-0.2, -0.15) is 0 Å².